The van der Waals surface area contributed by atoms with Crippen LogP contribution in [0.3, 0.4) is 0 Å². The molecule has 1 aromatic carbocycles. The van der Waals surface area contributed by atoms with Crippen molar-refractivity contribution in [1.82, 2.24) is 0 Å². The lowest BCUT2D eigenvalue weighted by Crippen LogP contribution is -2.09. The van der Waals surface area contributed by atoms with Gasteiger partial charge in [0, 0.05) is 0 Å². The molecule has 0 radical (unpaired) electrons. The van der Waals surface area contributed by atoms with Crippen LogP contribution >= 0.6 is 0 Å². The Morgan fingerprint density at radius 2 is 1.88 bits per heavy atom. The molecular weight excluding hydrogens is 217 g/mol. The number of hydrogen-bond donors (Lipinski definition) is 0. The molecule has 1 rings (SSSR count). The standard InChI is InChI=1S/C11H7F3N2/c1-7-4-9(6-16)8(2-3-15)5-10(7)11(12,13)14/h4-5H,2H2,1H3. The van der Waals surface area contributed by atoms with Crippen LogP contribution < -0.4 is 0 Å². The summed E-state index contributed by atoms with van der Waals surface area (Å²) in [6.07, 6.45) is -4.66. The molecule has 2 nitrogen and oxygen atoms in total. The highest BCUT2D eigenvalue weighted by Gasteiger charge is 2.33. The van der Waals surface area contributed by atoms with Gasteiger partial charge in [0.05, 0.1) is 29.7 Å². The Labute approximate surface area is 90.5 Å². The summed E-state index contributed by atoms with van der Waals surface area (Å²) < 4.78 is 37.6. The van der Waals surface area contributed by atoms with E-state index in [0.717, 1.165) is 12.1 Å². The first kappa shape index (κ1) is 12.1. The van der Waals surface area contributed by atoms with E-state index in [9.17, 15) is 13.2 Å². The highest BCUT2D eigenvalue weighted by molar-refractivity contribution is 5.46. The molecule has 0 heterocycles. The Balaban J connectivity index is 3.42. The van der Waals surface area contributed by atoms with E-state index < -0.39 is 11.7 Å². The molecule has 0 aromatic heterocycles. The number of benzene rings is 1. The van der Waals surface area contributed by atoms with Gasteiger partial charge in [-0.2, -0.15) is 23.7 Å². The van der Waals surface area contributed by atoms with E-state index in [1.165, 1.54) is 6.92 Å². The predicted octanol–water partition coefficient (Wildman–Crippen LogP) is 2.95. The second-order valence-electron chi connectivity index (χ2n) is 3.27. The monoisotopic (exact) mass is 224 g/mol. The molecule has 0 fully saturated rings. The van der Waals surface area contributed by atoms with Gasteiger partial charge in [-0.1, -0.05) is 0 Å². The molecule has 1 aromatic rings. The maximum absolute atomic E-state index is 12.5. The summed E-state index contributed by atoms with van der Waals surface area (Å²) in [7, 11) is 0. The Kier molecular flexibility index (Phi) is 3.20. The van der Waals surface area contributed by atoms with Crippen LogP contribution in [0.4, 0.5) is 13.2 Å². The maximum Gasteiger partial charge on any atom is 0.416 e. The van der Waals surface area contributed by atoms with Gasteiger partial charge in [-0.3, -0.25) is 0 Å². The summed E-state index contributed by atoms with van der Waals surface area (Å²) in [6.45, 7) is 1.29. The number of halogens is 3. The highest BCUT2D eigenvalue weighted by atomic mass is 19.4. The largest absolute Gasteiger partial charge is 0.416 e. The molecule has 82 valence electrons. The van der Waals surface area contributed by atoms with E-state index in [2.05, 4.69) is 0 Å². The van der Waals surface area contributed by atoms with Crippen LogP contribution in [0.2, 0.25) is 0 Å². The van der Waals surface area contributed by atoms with Crippen molar-refractivity contribution in [1.29, 1.82) is 10.5 Å². The minimum Gasteiger partial charge on any atom is -0.198 e. The molecule has 0 aliphatic heterocycles. The fourth-order valence-electron chi connectivity index (χ4n) is 1.39. The zero-order valence-corrected chi connectivity index (χ0v) is 8.39. The zero-order chi connectivity index (χ0) is 12.3. The average molecular weight is 224 g/mol. The SMILES string of the molecule is Cc1cc(C#N)c(CC#N)cc1C(F)(F)F. The van der Waals surface area contributed by atoms with Crippen molar-refractivity contribution in [3.05, 3.63) is 34.4 Å². The number of aryl methyl sites for hydroxylation is 1. The molecule has 0 saturated heterocycles. The van der Waals surface area contributed by atoms with Crippen LogP contribution in [0, 0.1) is 29.6 Å². The van der Waals surface area contributed by atoms with Gasteiger partial charge in [-0.05, 0) is 30.2 Å². The summed E-state index contributed by atoms with van der Waals surface area (Å²) >= 11 is 0. The molecule has 0 saturated carbocycles. The van der Waals surface area contributed by atoms with Gasteiger partial charge in [0.15, 0.2) is 0 Å². The van der Waals surface area contributed by atoms with Gasteiger partial charge in [0.1, 0.15) is 0 Å². The lowest BCUT2D eigenvalue weighted by atomic mass is 9.98. The van der Waals surface area contributed by atoms with Gasteiger partial charge in [0.25, 0.3) is 0 Å². The third-order valence-electron chi connectivity index (χ3n) is 2.15. The number of rotatable bonds is 1. The van der Waals surface area contributed by atoms with E-state index in [4.69, 9.17) is 10.5 Å². The van der Waals surface area contributed by atoms with Gasteiger partial charge in [0.2, 0.25) is 0 Å². The fraction of sp³-hybridized carbons (Fsp3) is 0.273. The van der Waals surface area contributed by atoms with Gasteiger partial charge >= 0.3 is 6.18 Å². The molecule has 0 aliphatic rings. The molecule has 0 bridgehead atoms. The van der Waals surface area contributed by atoms with E-state index in [0.29, 0.717) is 0 Å². The van der Waals surface area contributed by atoms with Crippen LogP contribution in [0.1, 0.15) is 22.3 Å². The Hall–Kier alpha value is -2.01. The molecular formula is C11H7F3N2. The second-order valence-corrected chi connectivity index (χ2v) is 3.27. The molecule has 0 unspecified atom stereocenters. The second kappa shape index (κ2) is 4.24. The van der Waals surface area contributed by atoms with E-state index in [1.807, 2.05) is 0 Å². The summed E-state index contributed by atoms with van der Waals surface area (Å²) in [5.74, 6) is 0. The van der Waals surface area contributed by atoms with Crippen LogP contribution in [-0.2, 0) is 12.6 Å². The lowest BCUT2D eigenvalue weighted by molar-refractivity contribution is -0.138. The maximum atomic E-state index is 12.5. The molecule has 0 spiro atoms. The molecule has 16 heavy (non-hydrogen) atoms. The normalized spacial score (nSPS) is 10.6. The van der Waals surface area contributed by atoms with Crippen molar-refractivity contribution in [2.45, 2.75) is 19.5 Å². The first-order chi connectivity index (χ1) is 7.40. The van der Waals surface area contributed by atoms with Crippen molar-refractivity contribution in [2.24, 2.45) is 0 Å². The highest BCUT2D eigenvalue weighted by Crippen LogP contribution is 2.33. The van der Waals surface area contributed by atoms with Gasteiger partial charge < -0.3 is 0 Å². The van der Waals surface area contributed by atoms with Crippen LogP contribution in [0.25, 0.3) is 0 Å². The molecule has 0 aliphatic carbocycles. The summed E-state index contributed by atoms with van der Waals surface area (Å²) in [5.41, 5.74) is -0.572. The smallest absolute Gasteiger partial charge is 0.198 e. The van der Waals surface area contributed by atoms with Crippen molar-refractivity contribution >= 4 is 0 Å². The van der Waals surface area contributed by atoms with Crippen molar-refractivity contribution in [3.63, 3.8) is 0 Å². The van der Waals surface area contributed by atoms with E-state index >= 15 is 0 Å². The third kappa shape index (κ3) is 2.32. The quantitative estimate of drug-likeness (QED) is 0.736. The molecule has 0 atom stereocenters. The minimum absolute atomic E-state index is 0.00857. The summed E-state index contributed by atoms with van der Waals surface area (Å²) in [5, 5.41) is 17.2. The predicted molar refractivity (Wildman–Crippen MR) is 50.2 cm³/mol. The summed E-state index contributed by atoms with van der Waals surface area (Å²) in [4.78, 5) is 0. The van der Waals surface area contributed by atoms with Crippen molar-refractivity contribution in [3.8, 4) is 12.1 Å². The van der Waals surface area contributed by atoms with Crippen LogP contribution in [0.15, 0.2) is 12.1 Å². The number of alkyl halides is 3. The lowest BCUT2D eigenvalue weighted by Gasteiger charge is -2.12. The molecule has 0 amide bonds. The Morgan fingerprint density at radius 1 is 1.25 bits per heavy atom. The van der Waals surface area contributed by atoms with E-state index in [-0.39, 0.29) is 23.1 Å². The number of hydrogen-bond acceptors (Lipinski definition) is 2. The topological polar surface area (TPSA) is 47.6 Å². The third-order valence-corrected chi connectivity index (χ3v) is 2.15. The van der Waals surface area contributed by atoms with Crippen LogP contribution in [0.5, 0.6) is 0 Å². The number of nitrogens with zero attached hydrogens (tertiary/aromatic N) is 2. The minimum atomic E-state index is -4.46. The average Bonchev–Trinajstić information content (AvgIpc) is 2.18. The first-order valence-corrected chi connectivity index (χ1v) is 4.38. The number of nitriles is 2. The van der Waals surface area contributed by atoms with Gasteiger partial charge in [-0.25, -0.2) is 0 Å². The van der Waals surface area contributed by atoms with Crippen LogP contribution in [-0.4, -0.2) is 0 Å². The van der Waals surface area contributed by atoms with Crippen molar-refractivity contribution < 1.29 is 13.2 Å². The Bertz CT molecular complexity index is 490. The van der Waals surface area contributed by atoms with Crippen molar-refractivity contribution in [2.75, 3.05) is 0 Å². The zero-order valence-electron chi connectivity index (χ0n) is 8.39. The molecule has 0 N–H and O–H groups in total. The van der Waals surface area contributed by atoms with Gasteiger partial charge in [-0.15, -0.1) is 0 Å². The first-order valence-electron chi connectivity index (χ1n) is 4.38. The molecule has 5 heteroatoms. The fourth-order valence-corrected chi connectivity index (χ4v) is 1.39. The Morgan fingerprint density at radius 3 is 2.31 bits per heavy atom. The van der Waals surface area contributed by atoms with E-state index in [1.54, 1.807) is 12.1 Å². The summed E-state index contributed by atoms with van der Waals surface area (Å²) in [6, 6.07) is 5.55.